The van der Waals surface area contributed by atoms with E-state index in [1.165, 1.54) is 0 Å². The number of hydrogen-bond acceptors (Lipinski definition) is 4. The highest BCUT2D eigenvalue weighted by Crippen LogP contribution is 2.40. The van der Waals surface area contributed by atoms with Crippen molar-refractivity contribution in [2.75, 3.05) is 0 Å². The molecule has 0 fully saturated rings. The number of rotatable bonds is 5. The van der Waals surface area contributed by atoms with E-state index in [4.69, 9.17) is 29.1 Å². The van der Waals surface area contributed by atoms with Gasteiger partial charge in [-0.25, -0.2) is 4.98 Å². The molecule has 0 aliphatic carbocycles. The Hall–Kier alpha value is -7.83. The van der Waals surface area contributed by atoms with Gasteiger partial charge in [0.1, 0.15) is 11.2 Å². The van der Waals surface area contributed by atoms with E-state index in [1.807, 2.05) is 0 Å². The molecule has 12 rings (SSSR count). The van der Waals surface area contributed by atoms with Crippen LogP contribution in [0.25, 0.3) is 111 Å². The van der Waals surface area contributed by atoms with Crippen LogP contribution in [0.5, 0.6) is 0 Å². The molecule has 0 atom stereocenters. The van der Waals surface area contributed by atoms with Gasteiger partial charge in [0.05, 0.1) is 64.6 Å². The summed E-state index contributed by atoms with van der Waals surface area (Å²) in [5, 5.41) is -3.33. The van der Waals surface area contributed by atoms with Gasteiger partial charge in [-0.15, -0.1) is 0 Å². The van der Waals surface area contributed by atoms with E-state index < -0.39 is 293 Å². The van der Waals surface area contributed by atoms with Crippen LogP contribution in [0.2, 0.25) is 0 Å². The molecule has 0 bridgehead atoms. The summed E-state index contributed by atoms with van der Waals surface area (Å²) in [6.45, 7) is 0. The average molecular weight is 761 g/mol. The highest BCUT2D eigenvalue weighted by atomic mass is 16.3. The van der Waals surface area contributed by atoms with E-state index in [0.717, 1.165) is 9.13 Å². The third kappa shape index (κ3) is 4.94. The Balaban J connectivity index is 1.30. The maximum absolute atomic E-state index is 10.3. The van der Waals surface area contributed by atoms with Crippen molar-refractivity contribution in [1.29, 1.82) is 0 Å². The van der Waals surface area contributed by atoms with Gasteiger partial charge < -0.3 is 8.98 Å². The molecule has 0 aliphatic heterocycles. The average Bonchev–Trinajstić information content (AvgIpc) is 1.55. The fourth-order valence-corrected chi connectivity index (χ4v) is 6.51. The van der Waals surface area contributed by atoms with Crippen LogP contribution < -0.4 is 0 Å². The molecular formula is C51H31N5O. The number of para-hydroxylation sites is 3. The van der Waals surface area contributed by atoms with Gasteiger partial charge >= 0.3 is 0 Å². The first kappa shape index (κ1) is 13.7. The van der Waals surface area contributed by atoms with Crippen LogP contribution in [0.1, 0.15) is 42.5 Å². The molecule has 0 radical (unpaired) electrons. The first-order chi connectivity index (χ1) is 41.2. The van der Waals surface area contributed by atoms with E-state index in [-0.39, 0.29) is 5.39 Å². The molecule has 4 heterocycles. The van der Waals surface area contributed by atoms with E-state index in [1.54, 1.807) is 0 Å². The van der Waals surface area contributed by atoms with Crippen molar-refractivity contribution in [3.8, 4) is 45.5 Å². The molecule has 266 valence electrons. The minimum Gasteiger partial charge on any atom is -0.456 e. The SMILES string of the molecule is [2H]c1c([2H])c([2H])c(-c2nc(-c3c([2H])c([2H])c(-c4c([2H])c([2H])c([2H])c([2H])c4[2H])c([2H])c3[2H])nc(-n3c4c([2H])c([2H])c([2H])c([2H])c4c4c([2H])c5c(c([2H])c43)c3c([2H])c([2H])c([2H])c([2H])c3n5-c3c([2H])c([2H])c4c(oc5c([2H])c([2H])c([2H])c([2H])c54)c3[2H])n2)c([2H])c1[2H]. The van der Waals surface area contributed by atoms with Gasteiger partial charge in [-0.1, -0.05) is 139 Å². The fourth-order valence-electron chi connectivity index (χ4n) is 6.51. The topological polar surface area (TPSA) is 61.7 Å². The van der Waals surface area contributed by atoms with Crippen molar-refractivity contribution < 1.29 is 46.9 Å². The maximum atomic E-state index is 10.3. The van der Waals surface area contributed by atoms with Gasteiger partial charge in [0.2, 0.25) is 5.95 Å². The van der Waals surface area contributed by atoms with Crippen molar-refractivity contribution in [3.05, 3.63) is 187 Å². The van der Waals surface area contributed by atoms with Crippen LogP contribution in [0.15, 0.2) is 192 Å². The third-order valence-electron chi connectivity index (χ3n) is 8.93. The lowest BCUT2D eigenvalue weighted by Gasteiger charge is -2.11. The summed E-state index contributed by atoms with van der Waals surface area (Å²) >= 11 is 0. The van der Waals surface area contributed by atoms with E-state index in [9.17, 15) is 17.8 Å². The molecular weight excluding hydrogens is 699 g/mol. The predicted molar refractivity (Wildman–Crippen MR) is 232 cm³/mol. The first-order valence-electron chi connectivity index (χ1n) is 32.1. The van der Waals surface area contributed by atoms with E-state index in [0.29, 0.717) is 0 Å². The van der Waals surface area contributed by atoms with Gasteiger partial charge in [-0.3, -0.25) is 4.57 Å². The second kappa shape index (κ2) is 12.3. The Labute approximate surface area is 370 Å². The summed E-state index contributed by atoms with van der Waals surface area (Å²) in [4.78, 5) is 13.3. The summed E-state index contributed by atoms with van der Waals surface area (Å²) in [6.07, 6.45) is 0. The summed E-state index contributed by atoms with van der Waals surface area (Å²) in [6, 6.07) is -28.4. The lowest BCUT2D eigenvalue weighted by atomic mass is 10.0. The lowest BCUT2D eigenvalue weighted by molar-refractivity contribution is 0.668. The molecule has 12 aromatic rings. The van der Waals surface area contributed by atoms with Crippen molar-refractivity contribution in [2.24, 2.45) is 0 Å². The standard InChI is InChI=1S/C51H31N5O/c1-3-13-32(14-4-1)33-23-25-35(26-24-33)50-52-49(34-15-5-2-6-16-34)53-51(54-50)56-44-21-11-8-18-38(44)42-30-45-41(31-46(42)56)37-17-7-10-20-43(37)55(45)36-27-28-40-39-19-9-12-22-47(39)57-48(40)29-36/h1-31H/i1D,2D,3D,4D,5D,6D,7D,8D,9D,10D,11D,12D,13D,14D,15D,16D,17D,18D,19D,20D,21D,22D,23D,24D,25D,26D,27D,28D,29D,30D,31D. The Bertz CT molecular complexity index is 5270. The molecule has 0 spiro atoms. The molecule has 0 saturated carbocycles. The highest BCUT2D eigenvalue weighted by molar-refractivity contribution is 6.19. The highest BCUT2D eigenvalue weighted by Gasteiger charge is 2.21. The number of nitrogens with zero attached hydrogens (tertiary/aromatic N) is 5. The Morgan fingerprint density at radius 1 is 0.351 bits per heavy atom. The quantitative estimate of drug-likeness (QED) is 0.175. The molecule has 0 saturated heterocycles. The molecule has 57 heavy (non-hydrogen) atoms. The first-order valence-corrected chi connectivity index (χ1v) is 16.6. The normalized spacial score (nSPS) is 19.5. The number of hydrogen-bond donors (Lipinski definition) is 0. The number of benzene rings is 8. The monoisotopic (exact) mass is 760 g/mol. The molecule has 0 aliphatic rings. The molecule has 8 aromatic carbocycles. The number of fused-ring (bicyclic) bond motifs is 9. The Morgan fingerprint density at radius 2 is 0.842 bits per heavy atom. The van der Waals surface area contributed by atoms with Crippen LogP contribution >= 0.6 is 0 Å². The van der Waals surface area contributed by atoms with Crippen LogP contribution in [0.3, 0.4) is 0 Å². The zero-order chi connectivity index (χ0) is 64.4. The molecule has 0 N–H and O–H groups in total. The molecule has 6 nitrogen and oxygen atoms in total. The van der Waals surface area contributed by atoms with Crippen molar-refractivity contribution >= 4 is 65.6 Å². The Kier molecular flexibility index (Phi) is 2.97. The maximum Gasteiger partial charge on any atom is 0.238 e. The summed E-state index contributed by atoms with van der Waals surface area (Å²) in [5.41, 5.74) is -7.87. The van der Waals surface area contributed by atoms with Crippen molar-refractivity contribution in [1.82, 2.24) is 24.1 Å². The largest absolute Gasteiger partial charge is 0.456 e. The number of furan rings is 1. The van der Waals surface area contributed by atoms with Crippen molar-refractivity contribution in [2.45, 2.75) is 0 Å². The minimum absolute atomic E-state index is 0.387. The zero-order valence-corrected chi connectivity index (χ0v) is 28.1. The van der Waals surface area contributed by atoms with Crippen LogP contribution in [0, 0.1) is 0 Å². The van der Waals surface area contributed by atoms with Gasteiger partial charge in [-0.05, 0) is 53.4 Å². The van der Waals surface area contributed by atoms with Gasteiger partial charge in [0.15, 0.2) is 11.6 Å². The van der Waals surface area contributed by atoms with Crippen LogP contribution in [-0.4, -0.2) is 24.1 Å². The zero-order valence-electron chi connectivity index (χ0n) is 59.1. The van der Waals surface area contributed by atoms with Crippen LogP contribution in [-0.2, 0) is 0 Å². The van der Waals surface area contributed by atoms with E-state index in [2.05, 4.69) is 15.0 Å². The van der Waals surface area contributed by atoms with Crippen molar-refractivity contribution in [3.63, 3.8) is 0 Å². The molecule has 0 amide bonds. The minimum atomic E-state index is -1.07. The molecule has 6 heteroatoms. The smallest absolute Gasteiger partial charge is 0.238 e. The van der Waals surface area contributed by atoms with Gasteiger partial charge in [0.25, 0.3) is 0 Å². The summed E-state index contributed by atoms with van der Waals surface area (Å²) in [5.74, 6) is -2.84. The summed E-state index contributed by atoms with van der Waals surface area (Å²) < 4.78 is 286. The Morgan fingerprint density at radius 3 is 1.53 bits per heavy atom. The van der Waals surface area contributed by atoms with Gasteiger partial charge in [0, 0.05) is 55.2 Å². The molecule has 0 unspecified atom stereocenters. The summed E-state index contributed by atoms with van der Waals surface area (Å²) in [7, 11) is 0. The fraction of sp³-hybridized carbons (Fsp3) is 0. The predicted octanol–water partition coefficient (Wildman–Crippen LogP) is 13.0. The van der Waals surface area contributed by atoms with Gasteiger partial charge in [-0.2, -0.15) is 9.97 Å². The number of aromatic nitrogens is 5. The molecule has 4 aromatic heterocycles. The second-order valence-electron chi connectivity index (χ2n) is 12.1. The van der Waals surface area contributed by atoms with E-state index >= 15 is 0 Å². The third-order valence-corrected chi connectivity index (χ3v) is 8.93. The lowest BCUT2D eigenvalue weighted by Crippen LogP contribution is -2.06. The van der Waals surface area contributed by atoms with Crippen LogP contribution in [0.4, 0.5) is 0 Å². The second-order valence-corrected chi connectivity index (χ2v) is 12.1.